The third kappa shape index (κ3) is 2.21. The second kappa shape index (κ2) is 3.93. The minimum Gasteiger partial charge on any atom is -0.310 e. The van der Waals surface area contributed by atoms with Crippen LogP contribution in [0.2, 0.25) is 0 Å². The number of anilines is 1. The van der Waals surface area contributed by atoms with Gasteiger partial charge in [0.15, 0.2) is 0 Å². The molecule has 0 aliphatic heterocycles. The quantitative estimate of drug-likeness (QED) is 0.697. The van der Waals surface area contributed by atoms with Crippen molar-refractivity contribution < 1.29 is 13.6 Å². The van der Waals surface area contributed by atoms with Crippen molar-refractivity contribution in [3.8, 4) is 0 Å². The Morgan fingerprint density at radius 3 is 2.46 bits per heavy atom. The molecule has 13 heavy (non-hydrogen) atoms. The van der Waals surface area contributed by atoms with Crippen LogP contribution in [0.4, 0.5) is 14.5 Å². The monoisotopic (exact) mass is 186 g/mol. The Kier molecular flexibility index (Phi) is 2.89. The summed E-state index contributed by atoms with van der Waals surface area (Å²) in [5.41, 5.74) is 0.403. The zero-order valence-electron chi connectivity index (χ0n) is 6.95. The normalized spacial score (nSPS) is 10.2. The molecule has 0 aliphatic rings. The topological polar surface area (TPSA) is 33.2 Å². The highest BCUT2D eigenvalue weighted by atomic mass is 19.3. The van der Waals surface area contributed by atoms with Gasteiger partial charge in [-0.1, -0.05) is 0 Å². The highest BCUT2D eigenvalue weighted by Crippen LogP contribution is 2.12. The minimum atomic E-state index is -2.97. The van der Waals surface area contributed by atoms with Gasteiger partial charge in [0.1, 0.15) is 0 Å². The van der Waals surface area contributed by atoms with Crippen molar-refractivity contribution in [1.82, 2.24) is 4.98 Å². The first-order valence-corrected chi connectivity index (χ1v) is 3.58. The maximum Gasteiger partial charge on any atom is 0.316 e. The van der Waals surface area contributed by atoms with Crippen LogP contribution in [0.5, 0.6) is 0 Å². The number of pyridine rings is 1. The summed E-state index contributed by atoms with van der Waals surface area (Å²) < 4.78 is 23.9. The van der Waals surface area contributed by atoms with Gasteiger partial charge in [0.25, 0.3) is 5.91 Å². The lowest BCUT2D eigenvalue weighted by Crippen LogP contribution is -2.31. The average Bonchev–Trinajstić information content (AvgIpc) is 2.17. The van der Waals surface area contributed by atoms with Gasteiger partial charge < -0.3 is 4.90 Å². The Hall–Kier alpha value is -1.52. The van der Waals surface area contributed by atoms with Gasteiger partial charge in [0, 0.05) is 25.1 Å². The second-order valence-corrected chi connectivity index (χ2v) is 2.40. The summed E-state index contributed by atoms with van der Waals surface area (Å²) in [5.74, 6) is -1.22. The minimum absolute atomic E-state index is 0.403. The van der Waals surface area contributed by atoms with Crippen LogP contribution in [0.1, 0.15) is 0 Å². The van der Waals surface area contributed by atoms with E-state index in [-0.39, 0.29) is 0 Å². The Morgan fingerprint density at radius 2 is 2.00 bits per heavy atom. The van der Waals surface area contributed by atoms with Crippen molar-refractivity contribution in [1.29, 1.82) is 0 Å². The lowest BCUT2D eigenvalue weighted by atomic mass is 10.3. The van der Waals surface area contributed by atoms with Gasteiger partial charge in [-0.15, -0.1) is 0 Å². The summed E-state index contributed by atoms with van der Waals surface area (Å²) in [6.07, 6.45) is -0.104. The third-order valence-corrected chi connectivity index (χ3v) is 1.57. The number of nitrogens with zero attached hydrogens (tertiary/aromatic N) is 2. The molecule has 0 radical (unpaired) electrons. The van der Waals surface area contributed by atoms with E-state index in [2.05, 4.69) is 4.98 Å². The van der Waals surface area contributed by atoms with Gasteiger partial charge in [-0.3, -0.25) is 9.78 Å². The summed E-state index contributed by atoms with van der Waals surface area (Å²) in [6, 6.07) is 2.97. The number of rotatable bonds is 2. The second-order valence-electron chi connectivity index (χ2n) is 2.40. The van der Waals surface area contributed by atoms with Crippen molar-refractivity contribution in [2.75, 3.05) is 11.9 Å². The van der Waals surface area contributed by atoms with Crippen molar-refractivity contribution in [2.24, 2.45) is 0 Å². The number of hydrogen-bond donors (Lipinski definition) is 0. The molecule has 1 heterocycles. The lowest BCUT2D eigenvalue weighted by Gasteiger charge is -2.15. The summed E-state index contributed by atoms with van der Waals surface area (Å²) in [7, 11) is 1.30. The third-order valence-electron chi connectivity index (χ3n) is 1.57. The molecule has 0 aliphatic carbocycles. The molecule has 0 N–H and O–H groups in total. The molecule has 0 saturated heterocycles. The summed E-state index contributed by atoms with van der Waals surface area (Å²) >= 11 is 0. The van der Waals surface area contributed by atoms with Crippen molar-refractivity contribution in [2.45, 2.75) is 6.43 Å². The maximum atomic E-state index is 12.0. The van der Waals surface area contributed by atoms with Gasteiger partial charge in [0.2, 0.25) is 0 Å². The molecule has 0 bridgehead atoms. The van der Waals surface area contributed by atoms with E-state index in [1.165, 1.54) is 31.6 Å². The zero-order chi connectivity index (χ0) is 9.84. The summed E-state index contributed by atoms with van der Waals surface area (Å²) in [4.78, 5) is 15.4. The SMILES string of the molecule is CN(C(=O)C(F)F)c1ccncc1. The molecular weight excluding hydrogens is 178 g/mol. The molecule has 70 valence electrons. The van der Waals surface area contributed by atoms with Gasteiger partial charge in [0.05, 0.1) is 0 Å². The van der Waals surface area contributed by atoms with Gasteiger partial charge in [-0.2, -0.15) is 8.78 Å². The van der Waals surface area contributed by atoms with E-state index in [0.29, 0.717) is 5.69 Å². The van der Waals surface area contributed by atoms with Crippen molar-refractivity contribution >= 4 is 11.6 Å². The smallest absolute Gasteiger partial charge is 0.310 e. The Bertz CT molecular complexity index is 289. The molecule has 3 nitrogen and oxygen atoms in total. The van der Waals surface area contributed by atoms with Crippen LogP contribution < -0.4 is 4.90 Å². The fourth-order valence-electron chi connectivity index (χ4n) is 0.841. The fourth-order valence-corrected chi connectivity index (χ4v) is 0.841. The van der Waals surface area contributed by atoms with E-state index in [1.54, 1.807) is 0 Å². The molecule has 1 amide bonds. The number of hydrogen-bond acceptors (Lipinski definition) is 2. The van der Waals surface area contributed by atoms with E-state index in [0.717, 1.165) is 4.90 Å². The standard InChI is InChI=1S/C8H8F2N2O/c1-12(8(13)7(9)10)6-2-4-11-5-3-6/h2-5,7H,1H3. The van der Waals surface area contributed by atoms with Crippen molar-refractivity contribution in [3.05, 3.63) is 24.5 Å². The predicted molar refractivity (Wildman–Crippen MR) is 43.7 cm³/mol. The number of carbonyl (C=O) groups is 1. The van der Waals surface area contributed by atoms with E-state index in [9.17, 15) is 13.6 Å². The van der Waals surface area contributed by atoms with Crippen LogP contribution in [0.25, 0.3) is 0 Å². The first-order chi connectivity index (χ1) is 6.13. The molecule has 0 spiro atoms. The number of amides is 1. The number of carbonyl (C=O) groups excluding carboxylic acids is 1. The lowest BCUT2D eigenvalue weighted by molar-refractivity contribution is -0.128. The summed E-state index contributed by atoms with van der Waals surface area (Å²) in [6.45, 7) is 0. The molecule has 0 unspecified atom stereocenters. The molecule has 1 aromatic heterocycles. The maximum absolute atomic E-state index is 12.0. The zero-order valence-corrected chi connectivity index (χ0v) is 6.95. The van der Waals surface area contributed by atoms with E-state index < -0.39 is 12.3 Å². The van der Waals surface area contributed by atoms with Crippen LogP contribution >= 0.6 is 0 Å². The van der Waals surface area contributed by atoms with E-state index >= 15 is 0 Å². The molecular formula is C8H8F2N2O. The summed E-state index contributed by atoms with van der Waals surface area (Å²) in [5, 5.41) is 0. The Morgan fingerprint density at radius 1 is 1.46 bits per heavy atom. The molecule has 0 aromatic carbocycles. The molecule has 1 rings (SSSR count). The van der Waals surface area contributed by atoms with E-state index in [1.807, 2.05) is 0 Å². The Balaban J connectivity index is 2.80. The van der Waals surface area contributed by atoms with Crippen LogP contribution in [0.3, 0.4) is 0 Å². The average molecular weight is 186 g/mol. The van der Waals surface area contributed by atoms with Crippen LogP contribution in [-0.4, -0.2) is 24.4 Å². The molecule has 5 heteroatoms. The van der Waals surface area contributed by atoms with Gasteiger partial charge >= 0.3 is 6.43 Å². The molecule has 0 saturated carbocycles. The largest absolute Gasteiger partial charge is 0.316 e. The first-order valence-electron chi connectivity index (χ1n) is 3.58. The number of aromatic nitrogens is 1. The van der Waals surface area contributed by atoms with Crippen LogP contribution in [0, 0.1) is 0 Å². The van der Waals surface area contributed by atoms with Crippen LogP contribution in [0.15, 0.2) is 24.5 Å². The Labute approximate surface area is 74.0 Å². The fraction of sp³-hybridized carbons (Fsp3) is 0.250. The number of halogens is 2. The van der Waals surface area contributed by atoms with E-state index in [4.69, 9.17) is 0 Å². The predicted octanol–water partition coefficient (Wildman–Crippen LogP) is 1.31. The highest BCUT2D eigenvalue weighted by Gasteiger charge is 2.20. The highest BCUT2D eigenvalue weighted by molar-refractivity contribution is 5.94. The number of alkyl halides is 2. The van der Waals surface area contributed by atoms with Gasteiger partial charge in [-0.25, -0.2) is 0 Å². The molecule has 0 fully saturated rings. The first kappa shape index (κ1) is 9.57. The van der Waals surface area contributed by atoms with Crippen LogP contribution in [-0.2, 0) is 4.79 Å². The molecule has 1 aromatic rings. The van der Waals surface area contributed by atoms with Gasteiger partial charge in [-0.05, 0) is 12.1 Å². The molecule has 0 atom stereocenters. The van der Waals surface area contributed by atoms with Crippen molar-refractivity contribution in [3.63, 3.8) is 0 Å².